The van der Waals surface area contributed by atoms with Gasteiger partial charge in [-0.2, -0.15) is 0 Å². The molecule has 1 aliphatic rings. The molecule has 11 heteroatoms. The van der Waals surface area contributed by atoms with Crippen molar-refractivity contribution in [3.8, 4) is 11.1 Å². The van der Waals surface area contributed by atoms with Gasteiger partial charge >= 0.3 is 6.03 Å². The molecule has 3 aromatic carbocycles. The standard InChI is InChI=1S/C25H26Cl2N4O4S/c26-19-3-1-18(2-4-19)23-17-22(9-10-24(23)36(28,33)34)31(12-11-30-13-15-35-16-14-30)25(32)29-21-7-5-20(27)6-8-21/h1-10,17H,11-16H2,(H,29,32)(H2,28,33,34). The van der Waals surface area contributed by atoms with Crippen LogP contribution in [0.2, 0.25) is 10.0 Å². The molecule has 0 unspecified atom stereocenters. The Bertz CT molecular complexity index is 1310. The molecular weight excluding hydrogens is 523 g/mol. The van der Waals surface area contributed by atoms with Gasteiger partial charge in [0.2, 0.25) is 10.0 Å². The second-order valence-corrected chi connectivity index (χ2v) is 10.7. The number of ether oxygens (including phenoxy) is 1. The predicted molar refractivity (Wildman–Crippen MR) is 143 cm³/mol. The number of nitrogens with one attached hydrogen (secondary N) is 1. The van der Waals surface area contributed by atoms with Gasteiger partial charge in [-0.3, -0.25) is 9.80 Å². The van der Waals surface area contributed by atoms with Gasteiger partial charge in [0.1, 0.15) is 0 Å². The highest BCUT2D eigenvalue weighted by atomic mass is 35.5. The Balaban J connectivity index is 1.70. The lowest BCUT2D eigenvalue weighted by molar-refractivity contribution is 0.0393. The summed E-state index contributed by atoms with van der Waals surface area (Å²) < 4.78 is 30.1. The number of nitrogens with two attached hydrogens (primary N) is 1. The molecule has 8 nitrogen and oxygen atoms in total. The molecule has 2 amide bonds. The summed E-state index contributed by atoms with van der Waals surface area (Å²) in [6, 6.07) is 17.9. The first-order chi connectivity index (χ1) is 17.2. The van der Waals surface area contributed by atoms with E-state index in [9.17, 15) is 13.2 Å². The van der Waals surface area contributed by atoms with Crippen molar-refractivity contribution in [2.75, 3.05) is 49.6 Å². The van der Waals surface area contributed by atoms with Gasteiger partial charge in [-0.25, -0.2) is 18.4 Å². The number of nitrogens with zero attached hydrogens (tertiary/aromatic N) is 2. The van der Waals surface area contributed by atoms with Gasteiger partial charge in [0.15, 0.2) is 0 Å². The summed E-state index contributed by atoms with van der Waals surface area (Å²) in [6.45, 7) is 3.81. The van der Waals surface area contributed by atoms with Crippen molar-refractivity contribution >= 4 is 50.6 Å². The van der Waals surface area contributed by atoms with E-state index in [0.717, 1.165) is 13.1 Å². The maximum absolute atomic E-state index is 13.4. The molecule has 190 valence electrons. The lowest BCUT2D eigenvalue weighted by Gasteiger charge is -2.30. The largest absolute Gasteiger partial charge is 0.379 e. The summed E-state index contributed by atoms with van der Waals surface area (Å²) in [7, 11) is -4.02. The Morgan fingerprint density at radius 3 is 2.19 bits per heavy atom. The fourth-order valence-electron chi connectivity index (χ4n) is 3.93. The fraction of sp³-hybridized carbons (Fsp3) is 0.240. The molecule has 4 rings (SSSR count). The summed E-state index contributed by atoms with van der Waals surface area (Å²) in [5.74, 6) is 0. The normalized spacial score (nSPS) is 14.4. The van der Waals surface area contributed by atoms with E-state index in [0.29, 0.717) is 58.9 Å². The minimum Gasteiger partial charge on any atom is -0.379 e. The lowest BCUT2D eigenvalue weighted by Crippen LogP contribution is -2.44. The minimum absolute atomic E-state index is 0.0418. The molecule has 1 aliphatic heterocycles. The molecule has 0 aromatic heterocycles. The molecule has 1 heterocycles. The third-order valence-electron chi connectivity index (χ3n) is 5.82. The zero-order chi connectivity index (χ0) is 25.7. The molecule has 1 saturated heterocycles. The molecule has 0 radical (unpaired) electrons. The first-order valence-electron chi connectivity index (χ1n) is 11.3. The first-order valence-corrected chi connectivity index (χ1v) is 13.6. The number of morpholine rings is 1. The average Bonchev–Trinajstić information content (AvgIpc) is 2.86. The number of hydrogen-bond donors (Lipinski definition) is 2. The summed E-state index contributed by atoms with van der Waals surface area (Å²) in [5.41, 5.74) is 2.09. The number of carbonyl (C=O) groups excluding carboxylic acids is 1. The van der Waals surface area contributed by atoms with Crippen molar-refractivity contribution < 1.29 is 17.9 Å². The Labute approximate surface area is 220 Å². The number of anilines is 2. The summed E-state index contributed by atoms with van der Waals surface area (Å²) >= 11 is 12.0. The predicted octanol–water partition coefficient (Wildman–Crippen LogP) is 4.68. The molecule has 3 N–H and O–H groups in total. The quantitative estimate of drug-likeness (QED) is 0.446. The molecule has 0 aliphatic carbocycles. The summed E-state index contributed by atoms with van der Waals surface area (Å²) in [4.78, 5) is 17.2. The van der Waals surface area contributed by atoms with Crippen LogP contribution in [0.4, 0.5) is 16.2 Å². The number of urea groups is 1. The summed E-state index contributed by atoms with van der Waals surface area (Å²) in [5, 5.41) is 9.47. The van der Waals surface area contributed by atoms with Gasteiger partial charge < -0.3 is 10.1 Å². The van der Waals surface area contributed by atoms with Crippen molar-refractivity contribution in [1.29, 1.82) is 0 Å². The van der Waals surface area contributed by atoms with Crippen molar-refractivity contribution in [2.45, 2.75) is 4.90 Å². The zero-order valence-corrected chi connectivity index (χ0v) is 21.7. The van der Waals surface area contributed by atoms with E-state index in [1.807, 2.05) is 0 Å². The Morgan fingerprint density at radius 1 is 0.972 bits per heavy atom. The van der Waals surface area contributed by atoms with E-state index < -0.39 is 10.0 Å². The first kappa shape index (κ1) is 26.4. The highest BCUT2D eigenvalue weighted by molar-refractivity contribution is 7.89. The van der Waals surface area contributed by atoms with Crippen LogP contribution in [0.25, 0.3) is 11.1 Å². The number of primary sulfonamides is 1. The number of halogens is 2. The number of benzene rings is 3. The molecule has 36 heavy (non-hydrogen) atoms. The van der Waals surface area contributed by atoms with Crippen molar-refractivity contribution in [3.63, 3.8) is 0 Å². The number of hydrogen-bond acceptors (Lipinski definition) is 5. The molecule has 1 fully saturated rings. The second kappa shape index (κ2) is 11.6. The van der Waals surface area contributed by atoms with Crippen LogP contribution in [0.15, 0.2) is 71.6 Å². The van der Waals surface area contributed by atoms with E-state index in [2.05, 4.69) is 10.2 Å². The van der Waals surface area contributed by atoms with Crippen LogP contribution in [-0.4, -0.2) is 58.7 Å². The molecule has 0 bridgehead atoms. The van der Waals surface area contributed by atoms with Gasteiger partial charge in [-0.05, 0) is 60.2 Å². The van der Waals surface area contributed by atoms with Crippen molar-refractivity contribution in [3.05, 3.63) is 76.8 Å². The number of rotatable bonds is 7. The summed E-state index contributed by atoms with van der Waals surface area (Å²) in [6.07, 6.45) is 0. The van der Waals surface area contributed by atoms with Crippen LogP contribution in [0, 0.1) is 0 Å². The van der Waals surface area contributed by atoms with Gasteiger partial charge in [0.05, 0.1) is 18.1 Å². The number of amides is 2. The lowest BCUT2D eigenvalue weighted by atomic mass is 10.0. The molecule has 0 atom stereocenters. The smallest absolute Gasteiger partial charge is 0.326 e. The Morgan fingerprint density at radius 2 is 1.58 bits per heavy atom. The molecule has 0 spiro atoms. The van der Waals surface area contributed by atoms with E-state index in [4.69, 9.17) is 33.1 Å². The third kappa shape index (κ3) is 6.76. The van der Waals surface area contributed by atoms with Crippen LogP contribution in [0.3, 0.4) is 0 Å². The fourth-order valence-corrected chi connectivity index (χ4v) is 4.92. The van der Waals surface area contributed by atoms with Crippen LogP contribution >= 0.6 is 23.2 Å². The van der Waals surface area contributed by atoms with Gasteiger partial charge in [0.25, 0.3) is 0 Å². The number of sulfonamides is 1. The molecule has 3 aromatic rings. The Kier molecular flexibility index (Phi) is 8.50. The van der Waals surface area contributed by atoms with Crippen LogP contribution in [0.1, 0.15) is 0 Å². The van der Waals surface area contributed by atoms with E-state index in [1.54, 1.807) is 65.6 Å². The topological polar surface area (TPSA) is 105 Å². The van der Waals surface area contributed by atoms with Gasteiger partial charge in [0, 0.05) is 53.2 Å². The highest BCUT2D eigenvalue weighted by Crippen LogP contribution is 2.32. The van der Waals surface area contributed by atoms with Gasteiger partial charge in [-0.1, -0.05) is 35.3 Å². The number of carbonyl (C=O) groups is 1. The van der Waals surface area contributed by atoms with Crippen LogP contribution in [0.5, 0.6) is 0 Å². The second-order valence-electron chi connectivity index (χ2n) is 8.28. The molecular formula is C25H26Cl2N4O4S. The van der Waals surface area contributed by atoms with Crippen molar-refractivity contribution in [1.82, 2.24) is 4.90 Å². The zero-order valence-electron chi connectivity index (χ0n) is 19.4. The average molecular weight is 549 g/mol. The van der Waals surface area contributed by atoms with E-state index >= 15 is 0 Å². The van der Waals surface area contributed by atoms with Crippen LogP contribution < -0.4 is 15.4 Å². The van der Waals surface area contributed by atoms with Gasteiger partial charge in [-0.15, -0.1) is 0 Å². The van der Waals surface area contributed by atoms with Crippen LogP contribution in [-0.2, 0) is 14.8 Å². The van der Waals surface area contributed by atoms with E-state index in [-0.39, 0.29) is 10.9 Å². The van der Waals surface area contributed by atoms with E-state index in [1.165, 1.54) is 6.07 Å². The monoisotopic (exact) mass is 548 g/mol. The van der Waals surface area contributed by atoms with Crippen molar-refractivity contribution in [2.24, 2.45) is 5.14 Å². The molecule has 0 saturated carbocycles. The highest BCUT2D eigenvalue weighted by Gasteiger charge is 2.22. The SMILES string of the molecule is NS(=O)(=O)c1ccc(N(CCN2CCOCC2)C(=O)Nc2ccc(Cl)cc2)cc1-c1ccc(Cl)cc1. The minimum atomic E-state index is -4.02. The third-order valence-corrected chi connectivity index (χ3v) is 7.29. The maximum Gasteiger partial charge on any atom is 0.326 e. The Hall–Kier alpha value is -2.66. The maximum atomic E-state index is 13.4.